The number of aryl methyl sites for hydroxylation is 1. The average Bonchev–Trinajstić information content (AvgIpc) is 2.99. The smallest absolute Gasteiger partial charge is 0.220 e. The molecule has 0 saturated heterocycles. The lowest BCUT2D eigenvalue weighted by Crippen LogP contribution is -2.36. The molecule has 1 aromatic heterocycles. The minimum absolute atomic E-state index is 0.0878. The van der Waals surface area contributed by atoms with Gasteiger partial charge < -0.3 is 9.64 Å². The van der Waals surface area contributed by atoms with Gasteiger partial charge in [-0.15, -0.1) is 11.3 Å². The van der Waals surface area contributed by atoms with Crippen LogP contribution in [0.5, 0.6) is 5.75 Å². The van der Waals surface area contributed by atoms with Gasteiger partial charge >= 0.3 is 0 Å². The number of rotatable bonds is 7. The molecule has 4 nitrogen and oxygen atoms in total. The Kier molecular flexibility index (Phi) is 6.16. The van der Waals surface area contributed by atoms with Crippen molar-refractivity contribution in [1.82, 2.24) is 9.88 Å². The van der Waals surface area contributed by atoms with Crippen molar-refractivity contribution in [2.24, 2.45) is 0 Å². The van der Waals surface area contributed by atoms with Crippen LogP contribution in [-0.4, -0.2) is 21.8 Å². The van der Waals surface area contributed by atoms with Crippen LogP contribution in [0.2, 0.25) is 0 Å². The summed E-state index contributed by atoms with van der Waals surface area (Å²) in [7, 11) is 0. The summed E-state index contributed by atoms with van der Waals surface area (Å²) in [5, 5.41) is 2.93. The number of hydrogen-bond donors (Lipinski definition) is 0. The number of carbonyl (C=O) groups is 1. The normalized spacial score (nSPS) is 12.0. The largest absolute Gasteiger partial charge is 0.486 e. The topological polar surface area (TPSA) is 42.4 Å². The minimum Gasteiger partial charge on any atom is -0.486 e. The van der Waals surface area contributed by atoms with Crippen LogP contribution < -0.4 is 4.74 Å². The molecule has 2 aromatic rings. The summed E-state index contributed by atoms with van der Waals surface area (Å²) >= 11 is 1.57. The van der Waals surface area contributed by atoms with Crippen LogP contribution in [0.4, 0.5) is 0 Å². The zero-order chi connectivity index (χ0) is 16.8. The second-order valence-corrected chi connectivity index (χ2v) is 6.68. The molecule has 5 heteroatoms. The first-order valence-corrected chi connectivity index (χ1v) is 8.77. The van der Waals surface area contributed by atoms with E-state index in [4.69, 9.17) is 4.74 Å². The first kappa shape index (κ1) is 17.5. The summed E-state index contributed by atoms with van der Waals surface area (Å²) in [6.07, 6.45) is 0.938. The summed E-state index contributed by atoms with van der Waals surface area (Å²) in [6, 6.07) is 8.20. The maximum Gasteiger partial charge on any atom is 0.220 e. The van der Waals surface area contributed by atoms with Gasteiger partial charge in [0.2, 0.25) is 5.91 Å². The van der Waals surface area contributed by atoms with Gasteiger partial charge in [-0.1, -0.05) is 24.6 Å². The molecule has 0 aliphatic heterocycles. The molecule has 0 bridgehead atoms. The van der Waals surface area contributed by atoms with Gasteiger partial charge in [0.25, 0.3) is 0 Å². The van der Waals surface area contributed by atoms with Gasteiger partial charge in [-0.2, -0.15) is 0 Å². The first-order valence-electron chi connectivity index (χ1n) is 7.89. The van der Waals surface area contributed by atoms with Crippen molar-refractivity contribution in [1.29, 1.82) is 0 Å². The number of amides is 1. The van der Waals surface area contributed by atoms with Crippen molar-refractivity contribution in [3.05, 3.63) is 45.9 Å². The molecular weight excluding hydrogens is 308 g/mol. The molecule has 0 unspecified atom stereocenters. The molecule has 0 spiro atoms. The summed E-state index contributed by atoms with van der Waals surface area (Å²) in [5.74, 6) is 0.933. The quantitative estimate of drug-likeness (QED) is 0.764. The van der Waals surface area contributed by atoms with E-state index in [1.807, 2.05) is 34.5 Å². The third kappa shape index (κ3) is 5.06. The fourth-order valence-electron chi connectivity index (χ4n) is 2.24. The Balaban J connectivity index is 1.94. The van der Waals surface area contributed by atoms with Gasteiger partial charge in [0.15, 0.2) is 0 Å². The van der Waals surface area contributed by atoms with E-state index in [1.54, 1.807) is 18.3 Å². The lowest BCUT2D eigenvalue weighted by molar-refractivity contribution is -0.131. The zero-order valence-electron chi connectivity index (χ0n) is 14.2. The SMILES string of the molecule is CC[C@H](C)N(Cc1csc(COc2ccc(C)cc2)n1)C(C)=O. The van der Waals surface area contributed by atoms with E-state index in [9.17, 15) is 4.79 Å². The molecule has 1 aromatic carbocycles. The van der Waals surface area contributed by atoms with Gasteiger partial charge in [-0.05, 0) is 32.4 Å². The van der Waals surface area contributed by atoms with Crippen LogP contribution in [0.1, 0.15) is 43.5 Å². The van der Waals surface area contributed by atoms with Crippen LogP contribution in [0, 0.1) is 6.92 Å². The maximum absolute atomic E-state index is 11.8. The van der Waals surface area contributed by atoms with E-state index in [-0.39, 0.29) is 11.9 Å². The Bertz CT molecular complexity index is 637. The Labute approximate surface area is 142 Å². The van der Waals surface area contributed by atoms with Gasteiger partial charge in [0.1, 0.15) is 17.4 Å². The highest BCUT2D eigenvalue weighted by Crippen LogP contribution is 2.18. The molecule has 0 radical (unpaired) electrons. The van der Waals surface area contributed by atoms with Crippen molar-refractivity contribution < 1.29 is 9.53 Å². The zero-order valence-corrected chi connectivity index (χ0v) is 15.0. The van der Waals surface area contributed by atoms with Crippen molar-refractivity contribution in [2.45, 2.75) is 53.3 Å². The highest BCUT2D eigenvalue weighted by Gasteiger charge is 2.17. The van der Waals surface area contributed by atoms with Crippen LogP contribution in [0.3, 0.4) is 0 Å². The van der Waals surface area contributed by atoms with E-state index in [0.29, 0.717) is 13.2 Å². The number of nitrogens with zero attached hydrogens (tertiary/aromatic N) is 2. The third-order valence-electron chi connectivity index (χ3n) is 3.84. The fraction of sp³-hybridized carbons (Fsp3) is 0.444. The maximum atomic E-state index is 11.8. The standard InChI is InChI=1S/C18H24N2O2S/c1-5-14(3)20(15(4)21)10-16-12-23-18(19-16)11-22-17-8-6-13(2)7-9-17/h6-9,12,14H,5,10-11H2,1-4H3/t14-/m0/s1. The Hall–Kier alpha value is -1.88. The Morgan fingerprint density at radius 2 is 2.04 bits per heavy atom. The van der Waals surface area contributed by atoms with E-state index >= 15 is 0 Å². The fourth-order valence-corrected chi connectivity index (χ4v) is 2.94. The number of benzene rings is 1. The second-order valence-electron chi connectivity index (χ2n) is 5.74. The molecular formula is C18H24N2O2S. The molecule has 2 rings (SSSR count). The highest BCUT2D eigenvalue weighted by atomic mass is 32.1. The van der Waals surface area contributed by atoms with E-state index in [1.165, 1.54) is 5.56 Å². The second kappa shape index (κ2) is 8.11. The Morgan fingerprint density at radius 3 is 2.65 bits per heavy atom. The van der Waals surface area contributed by atoms with Gasteiger partial charge in [0, 0.05) is 18.3 Å². The average molecular weight is 332 g/mol. The van der Waals surface area contributed by atoms with Crippen molar-refractivity contribution in [3.8, 4) is 5.75 Å². The van der Waals surface area contributed by atoms with Crippen LogP contribution in [0.15, 0.2) is 29.6 Å². The van der Waals surface area contributed by atoms with Crippen LogP contribution >= 0.6 is 11.3 Å². The van der Waals surface area contributed by atoms with Gasteiger partial charge in [-0.25, -0.2) is 4.98 Å². The summed E-state index contributed by atoms with van der Waals surface area (Å²) in [4.78, 5) is 18.2. The highest BCUT2D eigenvalue weighted by molar-refractivity contribution is 7.09. The summed E-state index contributed by atoms with van der Waals surface area (Å²) < 4.78 is 5.75. The van der Waals surface area contributed by atoms with E-state index in [2.05, 4.69) is 25.8 Å². The molecule has 1 atom stereocenters. The van der Waals surface area contributed by atoms with Crippen LogP contribution in [0.25, 0.3) is 0 Å². The van der Waals surface area contributed by atoms with Crippen molar-refractivity contribution >= 4 is 17.2 Å². The third-order valence-corrected chi connectivity index (χ3v) is 4.71. The Morgan fingerprint density at radius 1 is 1.35 bits per heavy atom. The monoisotopic (exact) mass is 332 g/mol. The lowest BCUT2D eigenvalue weighted by Gasteiger charge is -2.26. The van der Waals surface area contributed by atoms with Crippen molar-refractivity contribution in [2.75, 3.05) is 0 Å². The van der Waals surface area contributed by atoms with Gasteiger partial charge in [0.05, 0.1) is 12.2 Å². The van der Waals surface area contributed by atoms with Crippen LogP contribution in [-0.2, 0) is 17.9 Å². The minimum atomic E-state index is 0.0878. The molecule has 124 valence electrons. The lowest BCUT2D eigenvalue weighted by atomic mass is 10.2. The molecule has 0 N–H and O–H groups in total. The molecule has 1 amide bonds. The van der Waals surface area contributed by atoms with Crippen molar-refractivity contribution in [3.63, 3.8) is 0 Å². The first-order chi connectivity index (χ1) is 11.0. The number of thiazole rings is 1. The predicted octanol–water partition coefficient (Wildman–Crippen LogP) is 4.18. The van der Waals surface area contributed by atoms with E-state index in [0.717, 1.165) is 22.9 Å². The number of carbonyl (C=O) groups excluding carboxylic acids is 1. The molecule has 1 heterocycles. The number of hydrogen-bond acceptors (Lipinski definition) is 4. The number of aromatic nitrogens is 1. The number of ether oxygens (including phenoxy) is 1. The molecule has 23 heavy (non-hydrogen) atoms. The predicted molar refractivity (Wildman–Crippen MR) is 93.6 cm³/mol. The molecule has 0 fully saturated rings. The van der Waals surface area contributed by atoms with Gasteiger partial charge in [-0.3, -0.25) is 4.79 Å². The molecule has 0 aliphatic carbocycles. The summed E-state index contributed by atoms with van der Waals surface area (Å²) in [5.41, 5.74) is 2.14. The molecule has 0 aliphatic rings. The van der Waals surface area contributed by atoms with E-state index < -0.39 is 0 Å². The molecule has 0 saturated carbocycles. The summed E-state index contributed by atoms with van der Waals surface area (Å²) in [6.45, 7) is 8.83.